The van der Waals surface area contributed by atoms with Crippen molar-refractivity contribution in [3.05, 3.63) is 22.7 Å². The molecule has 0 bridgehead atoms. The van der Waals surface area contributed by atoms with E-state index in [2.05, 4.69) is 6.92 Å². The summed E-state index contributed by atoms with van der Waals surface area (Å²) < 4.78 is 11.7. The zero-order chi connectivity index (χ0) is 15.2. The molecule has 1 saturated carbocycles. The van der Waals surface area contributed by atoms with E-state index in [9.17, 15) is 0 Å². The molecule has 0 radical (unpaired) electrons. The normalized spacial score (nSPS) is 22.1. The van der Waals surface area contributed by atoms with Gasteiger partial charge in [0.05, 0.1) is 12.1 Å². The van der Waals surface area contributed by atoms with Gasteiger partial charge >= 0.3 is 0 Å². The summed E-state index contributed by atoms with van der Waals surface area (Å²) in [5, 5.41) is 0.623. The van der Waals surface area contributed by atoms with E-state index in [1.165, 1.54) is 19.3 Å². The summed E-state index contributed by atoms with van der Waals surface area (Å²) in [5.74, 6) is 2.01. The number of rotatable bonds is 6. The second-order valence-electron chi connectivity index (χ2n) is 5.76. The minimum Gasteiger partial charge on any atom is -0.493 e. The van der Waals surface area contributed by atoms with E-state index < -0.39 is 0 Å². The maximum Gasteiger partial charge on any atom is 0.180 e. The Morgan fingerprint density at radius 2 is 2.05 bits per heavy atom. The first-order chi connectivity index (χ1) is 10.2. The number of nitrogens with two attached hydrogens (primary N) is 1. The Balaban J connectivity index is 2.21. The number of hydrogen-bond acceptors (Lipinski definition) is 3. The zero-order valence-electron chi connectivity index (χ0n) is 13.0. The van der Waals surface area contributed by atoms with Gasteiger partial charge in [0.1, 0.15) is 6.10 Å². The Hall–Kier alpha value is -0.930. The molecular formula is C17H26ClNO2. The van der Waals surface area contributed by atoms with E-state index in [0.29, 0.717) is 29.0 Å². The molecule has 0 aliphatic heterocycles. The SMILES string of the molecule is CCC1CCCCC1Oc1c(Cl)cc(CCN)cc1OC. The van der Waals surface area contributed by atoms with Gasteiger partial charge in [0.2, 0.25) is 0 Å². The Bertz CT molecular complexity index is 464. The topological polar surface area (TPSA) is 44.5 Å². The molecule has 4 heteroatoms. The van der Waals surface area contributed by atoms with Gasteiger partial charge in [-0.2, -0.15) is 0 Å². The molecule has 1 aromatic carbocycles. The molecule has 2 N–H and O–H groups in total. The van der Waals surface area contributed by atoms with E-state index in [4.69, 9.17) is 26.8 Å². The number of methoxy groups -OCH3 is 1. The highest BCUT2D eigenvalue weighted by Gasteiger charge is 2.27. The second-order valence-corrected chi connectivity index (χ2v) is 6.16. The molecule has 2 atom stereocenters. The molecule has 1 fully saturated rings. The van der Waals surface area contributed by atoms with Crippen molar-refractivity contribution >= 4 is 11.6 Å². The van der Waals surface area contributed by atoms with E-state index in [1.54, 1.807) is 7.11 Å². The molecule has 0 spiro atoms. The summed E-state index contributed by atoms with van der Waals surface area (Å²) in [6, 6.07) is 3.92. The van der Waals surface area contributed by atoms with Gasteiger partial charge in [-0.1, -0.05) is 24.9 Å². The van der Waals surface area contributed by atoms with E-state index in [1.807, 2.05) is 12.1 Å². The van der Waals surface area contributed by atoms with Crippen molar-refractivity contribution in [3.8, 4) is 11.5 Å². The van der Waals surface area contributed by atoms with E-state index in [0.717, 1.165) is 24.8 Å². The van der Waals surface area contributed by atoms with Crippen molar-refractivity contribution in [2.75, 3.05) is 13.7 Å². The fraction of sp³-hybridized carbons (Fsp3) is 0.647. The van der Waals surface area contributed by atoms with Crippen LogP contribution in [0.15, 0.2) is 12.1 Å². The third kappa shape index (κ3) is 4.04. The fourth-order valence-electron chi connectivity index (χ4n) is 3.15. The molecule has 1 aliphatic carbocycles. The van der Waals surface area contributed by atoms with Gasteiger partial charge in [-0.3, -0.25) is 0 Å². The maximum atomic E-state index is 6.41. The number of hydrogen-bond donors (Lipinski definition) is 1. The minimum absolute atomic E-state index is 0.246. The molecule has 118 valence electrons. The molecule has 2 rings (SSSR count). The predicted octanol–water partition coefficient (Wildman–Crippen LogP) is 4.20. The molecule has 0 saturated heterocycles. The second kappa shape index (κ2) is 7.90. The highest BCUT2D eigenvalue weighted by Crippen LogP contribution is 2.40. The Morgan fingerprint density at radius 1 is 1.29 bits per heavy atom. The van der Waals surface area contributed by atoms with E-state index >= 15 is 0 Å². The van der Waals surface area contributed by atoms with Crippen LogP contribution in [0.5, 0.6) is 11.5 Å². The monoisotopic (exact) mass is 311 g/mol. The lowest BCUT2D eigenvalue weighted by atomic mass is 9.85. The lowest BCUT2D eigenvalue weighted by Gasteiger charge is -2.32. The molecule has 0 amide bonds. The zero-order valence-corrected chi connectivity index (χ0v) is 13.8. The van der Waals surface area contributed by atoms with Crippen LogP contribution in [0.4, 0.5) is 0 Å². The van der Waals surface area contributed by atoms with Crippen LogP contribution in [0.1, 0.15) is 44.6 Å². The first-order valence-corrected chi connectivity index (χ1v) is 8.30. The molecular weight excluding hydrogens is 286 g/mol. The highest BCUT2D eigenvalue weighted by atomic mass is 35.5. The van der Waals surface area contributed by atoms with Crippen molar-refractivity contribution in [2.45, 2.75) is 51.6 Å². The third-order valence-corrected chi connectivity index (χ3v) is 4.64. The number of halogens is 1. The lowest BCUT2D eigenvalue weighted by molar-refractivity contribution is 0.0874. The van der Waals surface area contributed by atoms with Gasteiger partial charge in [-0.05, 0) is 62.3 Å². The standard InChI is InChI=1S/C17H26ClNO2/c1-3-13-6-4-5-7-15(13)21-17-14(18)10-12(8-9-19)11-16(17)20-2/h10-11,13,15H,3-9,19H2,1-2H3. The Morgan fingerprint density at radius 3 is 2.71 bits per heavy atom. The summed E-state index contributed by atoms with van der Waals surface area (Å²) in [4.78, 5) is 0. The third-order valence-electron chi connectivity index (χ3n) is 4.36. The summed E-state index contributed by atoms with van der Waals surface area (Å²) in [7, 11) is 1.66. The van der Waals surface area contributed by atoms with Gasteiger partial charge < -0.3 is 15.2 Å². The first-order valence-electron chi connectivity index (χ1n) is 7.92. The van der Waals surface area contributed by atoms with Crippen LogP contribution in [0.2, 0.25) is 5.02 Å². The van der Waals surface area contributed by atoms with Crippen LogP contribution in [-0.4, -0.2) is 19.8 Å². The lowest BCUT2D eigenvalue weighted by Crippen LogP contribution is -2.30. The Kier molecular flexibility index (Phi) is 6.19. The maximum absolute atomic E-state index is 6.41. The van der Waals surface area contributed by atoms with Crippen molar-refractivity contribution in [2.24, 2.45) is 11.7 Å². The van der Waals surface area contributed by atoms with Gasteiger partial charge in [0, 0.05) is 0 Å². The minimum atomic E-state index is 0.246. The van der Waals surface area contributed by atoms with Gasteiger partial charge in [0.15, 0.2) is 11.5 Å². The van der Waals surface area contributed by atoms with Crippen molar-refractivity contribution in [3.63, 3.8) is 0 Å². The number of benzene rings is 1. The molecule has 3 nitrogen and oxygen atoms in total. The fourth-order valence-corrected chi connectivity index (χ4v) is 3.42. The molecule has 1 aromatic rings. The van der Waals surface area contributed by atoms with Crippen molar-refractivity contribution < 1.29 is 9.47 Å². The summed E-state index contributed by atoms with van der Waals surface area (Å²) in [5.41, 5.74) is 6.70. The van der Waals surface area contributed by atoms with Crippen LogP contribution in [-0.2, 0) is 6.42 Å². The predicted molar refractivity (Wildman–Crippen MR) is 87.4 cm³/mol. The molecule has 21 heavy (non-hydrogen) atoms. The first kappa shape index (κ1) is 16.4. The van der Waals surface area contributed by atoms with Crippen molar-refractivity contribution in [1.29, 1.82) is 0 Å². The average Bonchev–Trinajstić information content (AvgIpc) is 2.50. The van der Waals surface area contributed by atoms with Crippen LogP contribution >= 0.6 is 11.6 Å². The van der Waals surface area contributed by atoms with Crippen LogP contribution < -0.4 is 15.2 Å². The molecule has 1 aliphatic rings. The summed E-state index contributed by atoms with van der Waals surface area (Å²) in [6.45, 7) is 2.83. The Labute approximate surface area is 132 Å². The highest BCUT2D eigenvalue weighted by molar-refractivity contribution is 6.32. The van der Waals surface area contributed by atoms with Crippen LogP contribution in [0.25, 0.3) is 0 Å². The van der Waals surface area contributed by atoms with Gasteiger partial charge in [-0.15, -0.1) is 0 Å². The molecule has 0 aromatic heterocycles. The average molecular weight is 312 g/mol. The van der Waals surface area contributed by atoms with E-state index in [-0.39, 0.29) is 6.10 Å². The number of ether oxygens (including phenoxy) is 2. The quantitative estimate of drug-likeness (QED) is 0.856. The molecule has 2 unspecified atom stereocenters. The van der Waals surface area contributed by atoms with Crippen LogP contribution in [0.3, 0.4) is 0 Å². The molecule has 0 heterocycles. The van der Waals surface area contributed by atoms with Crippen LogP contribution in [0, 0.1) is 5.92 Å². The smallest absolute Gasteiger partial charge is 0.180 e. The van der Waals surface area contributed by atoms with Gasteiger partial charge in [0.25, 0.3) is 0 Å². The van der Waals surface area contributed by atoms with Gasteiger partial charge in [-0.25, -0.2) is 0 Å². The van der Waals surface area contributed by atoms with Crippen molar-refractivity contribution in [1.82, 2.24) is 0 Å². The largest absolute Gasteiger partial charge is 0.493 e. The summed E-state index contributed by atoms with van der Waals surface area (Å²) in [6.07, 6.45) is 7.06. The summed E-state index contributed by atoms with van der Waals surface area (Å²) >= 11 is 6.41.